The lowest BCUT2D eigenvalue weighted by Crippen LogP contribution is -2.15. The molecule has 1 rings (SSSR count). The van der Waals surface area contributed by atoms with Crippen LogP contribution in [-0.4, -0.2) is 22.6 Å². The summed E-state index contributed by atoms with van der Waals surface area (Å²) >= 11 is 0. The first-order valence-corrected chi connectivity index (χ1v) is 6.03. The van der Waals surface area contributed by atoms with E-state index in [9.17, 15) is 0 Å². The molecule has 15 heavy (non-hydrogen) atoms. The third-order valence-corrected chi connectivity index (χ3v) is 2.60. The van der Waals surface area contributed by atoms with E-state index < -0.39 is 0 Å². The lowest BCUT2D eigenvalue weighted by molar-refractivity contribution is 0.552. The number of nitrogens with one attached hydrogen (secondary N) is 1. The van der Waals surface area contributed by atoms with Crippen LogP contribution < -0.4 is 5.32 Å². The highest BCUT2D eigenvalue weighted by atomic mass is 15.0. The third kappa shape index (κ3) is 4.98. The molecule has 0 radical (unpaired) electrons. The highest BCUT2D eigenvalue weighted by Gasteiger charge is 1.95. The minimum atomic E-state index is 1.11. The quantitative estimate of drug-likeness (QED) is 0.666. The fourth-order valence-corrected chi connectivity index (χ4v) is 1.65. The number of imidazole rings is 1. The number of nitrogens with zero attached hydrogens (tertiary/aromatic N) is 2. The van der Waals surface area contributed by atoms with Crippen LogP contribution in [0.1, 0.15) is 38.4 Å². The fourth-order valence-electron chi connectivity index (χ4n) is 1.65. The van der Waals surface area contributed by atoms with Gasteiger partial charge in [-0.2, -0.15) is 0 Å². The van der Waals surface area contributed by atoms with E-state index in [2.05, 4.69) is 34.9 Å². The van der Waals surface area contributed by atoms with Crippen molar-refractivity contribution < 1.29 is 0 Å². The maximum atomic E-state index is 4.21. The molecular weight excluding hydrogens is 186 g/mol. The van der Waals surface area contributed by atoms with Crippen molar-refractivity contribution in [1.29, 1.82) is 0 Å². The Hall–Kier alpha value is -0.830. The first-order chi connectivity index (χ1) is 7.34. The van der Waals surface area contributed by atoms with Crippen molar-refractivity contribution in [3.8, 4) is 0 Å². The van der Waals surface area contributed by atoms with Crippen LogP contribution in [0.4, 0.5) is 0 Å². The summed E-state index contributed by atoms with van der Waals surface area (Å²) < 4.78 is 2.22. The van der Waals surface area contributed by atoms with Crippen LogP contribution in [-0.2, 0) is 6.54 Å². The van der Waals surface area contributed by atoms with Gasteiger partial charge < -0.3 is 9.88 Å². The van der Waals surface area contributed by atoms with Crippen molar-refractivity contribution >= 4 is 0 Å². The van der Waals surface area contributed by atoms with E-state index >= 15 is 0 Å². The lowest BCUT2D eigenvalue weighted by Gasteiger charge is -2.05. The van der Waals surface area contributed by atoms with Crippen molar-refractivity contribution in [2.75, 3.05) is 13.1 Å². The normalized spacial score (nSPS) is 10.8. The number of aromatic nitrogens is 2. The van der Waals surface area contributed by atoms with Gasteiger partial charge in [-0.1, -0.05) is 13.3 Å². The zero-order chi connectivity index (χ0) is 10.9. The van der Waals surface area contributed by atoms with Gasteiger partial charge in [0.15, 0.2) is 0 Å². The third-order valence-electron chi connectivity index (χ3n) is 2.60. The standard InChI is InChI=1S/C12H23N3/c1-3-7-13-8-5-4-6-10-15-11-9-14-12(15)2/h9,11,13H,3-8,10H2,1-2H3. The van der Waals surface area contributed by atoms with Crippen LogP contribution in [0.2, 0.25) is 0 Å². The van der Waals surface area contributed by atoms with E-state index in [1.165, 1.54) is 25.7 Å². The Morgan fingerprint density at radius 3 is 2.80 bits per heavy atom. The number of hydrogen-bond acceptors (Lipinski definition) is 2. The molecule has 0 aliphatic rings. The summed E-state index contributed by atoms with van der Waals surface area (Å²) in [4.78, 5) is 4.21. The number of rotatable bonds is 8. The van der Waals surface area contributed by atoms with Crippen molar-refractivity contribution in [1.82, 2.24) is 14.9 Å². The van der Waals surface area contributed by atoms with Gasteiger partial charge in [-0.3, -0.25) is 0 Å². The molecule has 3 nitrogen and oxygen atoms in total. The SMILES string of the molecule is CCCNCCCCCn1ccnc1C. The second-order valence-corrected chi connectivity index (χ2v) is 3.98. The summed E-state index contributed by atoms with van der Waals surface area (Å²) in [6, 6.07) is 0. The van der Waals surface area contributed by atoms with Crippen LogP contribution in [0.5, 0.6) is 0 Å². The van der Waals surface area contributed by atoms with Crippen molar-refractivity contribution in [2.24, 2.45) is 0 Å². The Balaban J connectivity index is 1.96. The molecule has 0 fully saturated rings. The largest absolute Gasteiger partial charge is 0.335 e. The summed E-state index contributed by atoms with van der Waals surface area (Å²) in [5, 5.41) is 3.42. The van der Waals surface area contributed by atoms with Crippen molar-refractivity contribution in [3.05, 3.63) is 18.2 Å². The minimum Gasteiger partial charge on any atom is -0.335 e. The molecule has 0 aliphatic heterocycles. The van der Waals surface area contributed by atoms with E-state index in [1.807, 2.05) is 6.20 Å². The van der Waals surface area contributed by atoms with Crippen LogP contribution in [0.15, 0.2) is 12.4 Å². The Morgan fingerprint density at radius 1 is 1.27 bits per heavy atom. The Kier molecular flexibility index (Phi) is 6.09. The van der Waals surface area contributed by atoms with E-state index in [0.29, 0.717) is 0 Å². The van der Waals surface area contributed by atoms with Crippen LogP contribution in [0.3, 0.4) is 0 Å². The predicted octanol–water partition coefficient (Wildman–Crippen LogP) is 2.36. The van der Waals surface area contributed by atoms with Gasteiger partial charge in [0.1, 0.15) is 5.82 Å². The van der Waals surface area contributed by atoms with E-state index in [0.717, 1.165) is 25.5 Å². The summed E-state index contributed by atoms with van der Waals surface area (Å²) in [6.45, 7) is 7.69. The molecule has 1 N–H and O–H groups in total. The molecule has 0 bridgehead atoms. The van der Waals surface area contributed by atoms with Crippen LogP contribution in [0.25, 0.3) is 0 Å². The summed E-state index contributed by atoms with van der Waals surface area (Å²) in [5.41, 5.74) is 0. The van der Waals surface area contributed by atoms with Gasteiger partial charge in [0.25, 0.3) is 0 Å². The zero-order valence-corrected chi connectivity index (χ0v) is 10.00. The summed E-state index contributed by atoms with van der Waals surface area (Å²) in [5.74, 6) is 1.12. The first-order valence-electron chi connectivity index (χ1n) is 6.03. The summed E-state index contributed by atoms with van der Waals surface area (Å²) in [7, 11) is 0. The van der Waals surface area contributed by atoms with E-state index in [4.69, 9.17) is 0 Å². The monoisotopic (exact) mass is 209 g/mol. The van der Waals surface area contributed by atoms with E-state index in [1.54, 1.807) is 0 Å². The molecule has 0 saturated heterocycles. The van der Waals surface area contributed by atoms with E-state index in [-0.39, 0.29) is 0 Å². The minimum absolute atomic E-state index is 1.11. The van der Waals surface area contributed by atoms with Crippen molar-refractivity contribution in [3.63, 3.8) is 0 Å². The van der Waals surface area contributed by atoms with Crippen LogP contribution in [0, 0.1) is 6.92 Å². The molecule has 0 aliphatic carbocycles. The van der Waals surface area contributed by atoms with Gasteiger partial charge in [-0.25, -0.2) is 4.98 Å². The second-order valence-electron chi connectivity index (χ2n) is 3.98. The van der Waals surface area contributed by atoms with Gasteiger partial charge in [0.2, 0.25) is 0 Å². The van der Waals surface area contributed by atoms with Crippen molar-refractivity contribution in [2.45, 2.75) is 46.1 Å². The molecule has 0 atom stereocenters. The van der Waals surface area contributed by atoms with Gasteiger partial charge in [-0.15, -0.1) is 0 Å². The molecule has 1 heterocycles. The first kappa shape index (κ1) is 12.2. The van der Waals surface area contributed by atoms with Gasteiger partial charge in [-0.05, 0) is 39.3 Å². The molecule has 1 aromatic rings. The average molecular weight is 209 g/mol. The molecule has 3 heteroatoms. The van der Waals surface area contributed by atoms with Gasteiger partial charge in [0.05, 0.1) is 0 Å². The van der Waals surface area contributed by atoms with Gasteiger partial charge >= 0.3 is 0 Å². The lowest BCUT2D eigenvalue weighted by atomic mass is 10.2. The molecule has 0 unspecified atom stereocenters. The molecule has 1 aromatic heterocycles. The Bertz CT molecular complexity index is 255. The number of unbranched alkanes of at least 4 members (excludes halogenated alkanes) is 2. The maximum Gasteiger partial charge on any atom is 0.105 e. The topological polar surface area (TPSA) is 29.9 Å². The highest BCUT2D eigenvalue weighted by molar-refractivity contribution is 4.87. The fraction of sp³-hybridized carbons (Fsp3) is 0.750. The smallest absolute Gasteiger partial charge is 0.105 e. The Labute approximate surface area is 92.9 Å². The number of aryl methyl sites for hydroxylation is 2. The second kappa shape index (κ2) is 7.46. The molecule has 0 aromatic carbocycles. The zero-order valence-electron chi connectivity index (χ0n) is 10.00. The molecular formula is C12H23N3. The molecule has 0 saturated carbocycles. The average Bonchev–Trinajstić information content (AvgIpc) is 2.63. The predicted molar refractivity (Wildman–Crippen MR) is 64.0 cm³/mol. The maximum absolute atomic E-state index is 4.21. The van der Waals surface area contributed by atoms with Gasteiger partial charge in [0, 0.05) is 18.9 Å². The molecule has 0 spiro atoms. The Morgan fingerprint density at radius 2 is 2.13 bits per heavy atom. The number of hydrogen-bond donors (Lipinski definition) is 1. The molecule has 0 amide bonds. The van der Waals surface area contributed by atoms with Crippen LogP contribution >= 0.6 is 0 Å². The summed E-state index contributed by atoms with van der Waals surface area (Å²) in [6.07, 6.45) is 9.00. The highest BCUT2D eigenvalue weighted by Crippen LogP contribution is 2.01. The molecule has 86 valence electrons.